The van der Waals surface area contributed by atoms with E-state index in [-0.39, 0.29) is 5.88 Å². The Balaban J connectivity index is 2.74. The number of carboxylic acid groups (broad SMARTS) is 1. The zero-order valence-electron chi connectivity index (χ0n) is 4.64. The first-order chi connectivity index (χ1) is 4.70. The molecule has 0 spiro atoms. The summed E-state index contributed by atoms with van der Waals surface area (Å²) in [5, 5.41) is 8.12. The number of hydrogen-bond acceptors (Lipinski definition) is 5. The van der Waals surface area contributed by atoms with E-state index in [0.717, 1.165) is 0 Å². The second-order valence-corrected chi connectivity index (χ2v) is 2.94. The number of nitrogens with zero attached hydrogens (tertiary/aromatic N) is 1. The summed E-state index contributed by atoms with van der Waals surface area (Å²) in [5.41, 5.74) is 1.46. The topological polar surface area (TPSA) is 59.4 Å². The summed E-state index contributed by atoms with van der Waals surface area (Å²) >= 11 is 5.10. The Labute approximate surface area is 65.9 Å². The molecule has 0 unspecified atom stereocenters. The summed E-state index contributed by atoms with van der Waals surface area (Å²) < 4.78 is 4.69. The first kappa shape index (κ1) is 7.36. The highest BCUT2D eigenvalue weighted by atomic mass is 32.2. The lowest BCUT2D eigenvalue weighted by Gasteiger charge is -1.92. The predicted molar refractivity (Wildman–Crippen MR) is 38.0 cm³/mol. The van der Waals surface area contributed by atoms with Crippen LogP contribution in [0, 0.1) is 0 Å². The van der Waals surface area contributed by atoms with E-state index < -0.39 is 6.16 Å². The van der Waals surface area contributed by atoms with Gasteiger partial charge in [0.15, 0.2) is 0 Å². The normalized spacial score (nSPS) is 9.30. The van der Waals surface area contributed by atoms with Crippen molar-refractivity contribution in [3.63, 3.8) is 0 Å². The molecule has 0 aliphatic heterocycles. The molecule has 0 aliphatic carbocycles. The second kappa shape index (κ2) is 2.89. The number of aromatic nitrogens is 1. The third-order valence-corrected chi connectivity index (χ3v) is 1.82. The molecule has 0 saturated carbocycles. The quantitative estimate of drug-likeness (QED) is 0.504. The highest BCUT2D eigenvalue weighted by Gasteiger charge is 2.06. The molecule has 10 heavy (non-hydrogen) atoms. The van der Waals surface area contributed by atoms with Crippen molar-refractivity contribution in [1.29, 1.82) is 0 Å². The van der Waals surface area contributed by atoms with Gasteiger partial charge in [0.2, 0.25) is 0 Å². The third-order valence-electron chi connectivity index (χ3n) is 0.701. The van der Waals surface area contributed by atoms with Gasteiger partial charge in [-0.05, 0) is 0 Å². The summed E-state index contributed by atoms with van der Waals surface area (Å²) in [4.78, 5) is 13.5. The Hall–Kier alpha value is -0.750. The molecule has 0 bridgehead atoms. The third kappa shape index (κ3) is 1.61. The molecule has 0 fully saturated rings. The van der Waals surface area contributed by atoms with Crippen molar-refractivity contribution >= 4 is 30.1 Å². The molecular formula is C4H3NO3S2. The van der Waals surface area contributed by atoms with E-state index in [9.17, 15) is 4.79 Å². The van der Waals surface area contributed by atoms with Crippen LogP contribution in [0.4, 0.5) is 4.79 Å². The molecule has 54 valence electrons. The van der Waals surface area contributed by atoms with E-state index in [1.807, 2.05) is 0 Å². The molecule has 4 nitrogen and oxygen atoms in total. The predicted octanol–water partition coefficient (Wildman–Crippen LogP) is 1.49. The number of hydrogen-bond donors (Lipinski definition) is 2. The van der Waals surface area contributed by atoms with Gasteiger partial charge < -0.3 is 9.84 Å². The number of thiol groups is 1. The van der Waals surface area contributed by atoms with Crippen LogP contribution in [0.1, 0.15) is 0 Å². The van der Waals surface area contributed by atoms with E-state index in [2.05, 4.69) is 22.3 Å². The maximum Gasteiger partial charge on any atom is 0.512 e. The highest BCUT2D eigenvalue weighted by Crippen LogP contribution is 2.24. The monoisotopic (exact) mass is 177 g/mol. The SMILES string of the molecule is O=C(O)Oc1ncsc1S. The molecule has 6 heteroatoms. The van der Waals surface area contributed by atoms with Crippen molar-refractivity contribution in [2.75, 3.05) is 0 Å². The Bertz CT molecular complexity index is 246. The average molecular weight is 177 g/mol. The van der Waals surface area contributed by atoms with Crippen LogP contribution in [0.25, 0.3) is 0 Å². The summed E-state index contributed by atoms with van der Waals surface area (Å²) in [6.45, 7) is 0. The van der Waals surface area contributed by atoms with Gasteiger partial charge in [-0.2, -0.15) is 0 Å². The second-order valence-electron chi connectivity index (χ2n) is 1.33. The van der Waals surface area contributed by atoms with Gasteiger partial charge in [-0.25, -0.2) is 9.78 Å². The smallest absolute Gasteiger partial charge is 0.449 e. The molecule has 1 aromatic heterocycles. The van der Waals surface area contributed by atoms with Gasteiger partial charge in [0.25, 0.3) is 5.88 Å². The van der Waals surface area contributed by atoms with Crippen molar-refractivity contribution < 1.29 is 14.6 Å². The van der Waals surface area contributed by atoms with Crippen LogP contribution >= 0.6 is 24.0 Å². The van der Waals surface area contributed by atoms with E-state index in [4.69, 9.17) is 5.11 Å². The average Bonchev–Trinajstić information content (AvgIpc) is 2.15. The zero-order valence-corrected chi connectivity index (χ0v) is 6.35. The standard InChI is InChI=1S/C4H3NO3S2/c6-4(7)8-2-3(9)10-1-5-2/h1,9H,(H,6,7). The van der Waals surface area contributed by atoms with E-state index in [1.165, 1.54) is 16.8 Å². The lowest BCUT2D eigenvalue weighted by Crippen LogP contribution is -2.03. The lowest BCUT2D eigenvalue weighted by atomic mass is 10.9. The van der Waals surface area contributed by atoms with Crippen molar-refractivity contribution in [2.24, 2.45) is 0 Å². The van der Waals surface area contributed by atoms with Gasteiger partial charge in [-0.1, -0.05) is 0 Å². The van der Waals surface area contributed by atoms with Gasteiger partial charge >= 0.3 is 6.16 Å². The van der Waals surface area contributed by atoms with E-state index in [1.54, 1.807) is 0 Å². The lowest BCUT2D eigenvalue weighted by molar-refractivity contribution is 0.142. The maximum atomic E-state index is 9.93. The fourth-order valence-corrected chi connectivity index (χ4v) is 1.07. The Morgan fingerprint density at radius 1 is 1.90 bits per heavy atom. The number of ether oxygens (including phenoxy) is 1. The molecule has 1 rings (SSSR count). The van der Waals surface area contributed by atoms with Crippen molar-refractivity contribution in [2.45, 2.75) is 4.21 Å². The summed E-state index contributed by atoms with van der Waals surface area (Å²) in [6.07, 6.45) is -1.37. The summed E-state index contributed by atoms with van der Waals surface area (Å²) in [6, 6.07) is 0. The summed E-state index contributed by atoms with van der Waals surface area (Å²) in [7, 11) is 0. The highest BCUT2D eigenvalue weighted by molar-refractivity contribution is 7.83. The number of rotatable bonds is 1. The molecule has 1 heterocycles. The van der Waals surface area contributed by atoms with E-state index >= 15 is 0 Å². The fourth-order valence-electron chi connectivity index (χ4n) is 0.382. The molecule has 0 amide bonds. The molecule has 1 aromatic rings. The molecule has 0 aliphatic rings. The zero-order chi connectivity index (χ0) is 7.56. The Kier molecular flexibility index (Phi) is 2.13. The van der Waals surface area contributed by atoms with Crippen LogP contribution < -0.4 is 4.74 Å². The Morgan fingerprint density at radius 3 is 3.00 bits per heavy atom. The Morgan fingerprint density at radius 2 is 2.60 bits per heavy atom. The fraction of sp³-hybridized carbons (Fsp3) is 0. The largest absolute Gasteiger partial charge is 0.512 e. The van der Waals surface area contributed by atoms with E-state index in [0.29, 0.717) is 4.21 Å². The number of thiazole rings is 1. The maximum absolute atomic E-state index is 9.93. The van der Waals surface area contributed by atoms with Crippen LogP contribution in [0.15, 0.2) is 9.72 Å². The van der Waals surface area contributed by atoms with Gasteiger partial charge in [0, 0.05) is 0 Å². The van der Waals surface area contributed by atoms with Crippen LogP contribution in [-0.2, 0) is 0 Å². The minimum Gasteiger partial charge on any atom is -0.449 e. The van der Waals surface area contributed by atoms with Gasteiger partial charge in [0.05, 0.1) is 5.51 Å². The van der Waals surface area contributed by atoms with Crippen molar-refractivity contribution in [3.8, 4) is 5.88 Å². The first-order valence-electron chi connectivity index (χ1n) is 2.23. The van der Waals surface area contributed by atoms with Crippen LogP contribution in [0.2, 0.25) is 0 Å². The molecule has 0 radical (unpaired) electrons. The van der Waals surface area contributed by atoms with Gasteiger partial charge in [-0.3, -0.25) is 0 Å². The molecule has 0 aromatic carbocycles. The molecule has 0 saturated heterocycles. The van der Waals surface area contributed by atoms with Crippen LogP contribution in [-0.4, -0.2) is 16.2 Å². The number of carbonyl (C=O) groups is 1. The van der Waals surface area contributed by atoms with Crippen LogP contribution in [0.5, 0.6) is 5.88 Å². The first-order valence-corrected chi connectivity index (χ1v) is 3.56. The van der Waals surface area contributed by atoms with Gasteiger partial charge in [0.1, 0.15) is 4.21 Å². The minimum absolute atomic E-state index is 0.0424. The van der Waals surface area contributed by atoms with Crippen LogP contribution in [0.3, 0.4) is 0 Å². The molecule has 0 atom stereocenters. The molecular weight excluding hydrogens is 174 g/mol. The molecule has 1 N–H and O–H groups in total. The summed E-state index contributed by atoms with van der Waals surface area (Å²) in [5.74, 6) is 0.0424. The van der Waals surface area contributed by atoms with Gasteiger partial charge in [-0.15, -0.1) is 24.0 Å². The minimum atomic E-state index is -1.37. The van der Waals surface area contributed by atoms with Crippen molar-refractivity contribution in [3.05, 3.63) is 5.51 Å². The van der Waals surface area contributed by atoms with Crippen molar-refractivity contribution in [1.82, 2.24) is 4.98 Å².